The molecule has 1 nitrogen and oxygen atoms in total. The van der Waals surface area contributed by atoms with Crippen molar-refractivity contribution in [2.75, 3.05) is 12.4 Å². The Hall–Kier alpha value is 0.430. The van der Waals surface area contributed by atoms with Gasteiger partial charge in [0, 0.05) is 39.7 Å². The minimum atomic E-state index is 0.652. The van der Waals surface area contributed by atoms with E-state index in [-0.39, 0.29) is 0 Å². The lowest BCUT2D eigenvalue weighted by Gasteiger charge is -2.29. The Balaban J connectivity index is 2.63. The topological polar surface area (TPSA) is 3.24 Å². The predicted octanol–water partition coefficient (Wildman–Crippen LogP) is 4.74. The summed E-state index contributed by atoms with van der Waals surface area (Å²) in [6.07, 6.45) is 2.39. The van der Waals surface area contributed by atoms with Gasteiger partial charge < -0.3 is 0 Å². The number of halogens is 2. The van der Waals surface area contributed by atoms with Crippen LogP contribution in [0.5, 0.6) is 0 Å². The van der Waals surface area contributed by atoms with E-state index in [0.717, 1.165) is 13.1 Å². The molecule has 0 amide bonds. The molecule has 16 heavy (non-hydrogen) atoms. The van der Waals surface area contributed by atoms with Crippen molar-refractivity contribution in [3.8, 4) is 0 Å². The summed E-state index contributed by atoms with van der Waals surface area (Å²) in [5, 5.41) is 2.14. The van der Waals surface area contributed by atoms with Crippen LogP contribution in [0.25, 0.3) is 0 Å². The lowest BCUT2D eigenvalue weighted by molar-refractivity contribution is 0.190. The Morgan fingerprint density at radius 1 is 1.44 bits per heavy atom. The van der Waals surface area contributed by atoms with Gasteiger partial charge in [0.05, 0.1) is 0 Å². The molecule has 0 saturated heterocycles. The second-order valence-corrected chi connectivity index (χ2v) is 6.15. The van der Waals surface area contributed by atoms with Crippen molar-refractivity contribution in [3.63, 3.8) is 0 Å². The smallest absolute Gasteiger partial charge is 0.0351 e. The Kier molecular flexibility index (Phi) is 6.97. The van der Waals surface area contributed by atoms with Crippen molar-refractivity contribution < 1.29 is 0 Å². The third kappa shape index (κ3) is 4.36. The molecule has 0 unspecified atom stereocenters. The summed E-state index contributed by atoms with van der Waals surface area (Å²) in [6.45, 7) is 6.50. The standard InChI is InChI=1S/C12H19BrClNS/c1-3-11(4-2)15(6-5-14)8-12-7-10(13)9-16-12/h7,9,11H,3-6,8H2,1-2H3. The summed E-state index contributed by atoms with van der Waals surface area (Å²) >= 11 is 11.2. The Labute approximate surface area is 116 Å². The third-order valence-corrected chi connectivity index (χ3v) is 4.66. The van der Waals surface area contributed by atoms with E-state index in [0.29, 0.717) is 11.9 Å². The van der Waals surface area contributed by atoms with Crippen molar-refractivity contribution in [3.05, 3.63) is 20.8 Å². The zero-order valence-corrected chi connectivity index (χ0v) is 13.0. The van der Waals surface area contributed by atoms with Gasteiger partial charge in [0.15, 0.2) is 0 Å². The first kappa shape index (κ1) is 14.5. The highest BCUT2D eigenvalue weighted by Crippen LogP contribution is 2.23. The van der Waals surface area contributed by atoms with E-state index in [1.54, 1.807) is 0 Å². The Morgan fingerprint density at radius 3 is 2.56 bits per heavy atom. The molecule has 1 rings (SSSR count). The second kappa shape index (κ2) is 7.70. The Bertz CT molecular complexity index is 299. The van der Waals surface area contributed by atoms with Crippen LogP contribution in [0.4, 0.5) is 0 Å². The molecule has 0 aliphatic heterocycles. The first-order valence-electron chi connectivity index (χ1n) is 5.74. The van der Waals surface area contributed by atoms with Gasteiger partial charge in [0.2, 0.25) is 0 Å². The van der Waals surface area contributed by atoms with E-state index in [1.807, 2.05) is 11.3 Å². The van der Waals surface area contributed by atoms with E-state index in [4.69, 9.17) is 11.6 Å². The van der Waals surface area contributed by atoms with Gasteiger partial charge in [-0.1, -0.05) is 13.8 Å². The molecule has 92 valence electrons. The highest BCUT2D eigenvalue weighted by Gasteiger charge is 2.15. The van der Waals surface area contributed by atoms with Crippen LogP contribution in [0.2, 0.25) is 0 Å². The molecular weight excluding hydrogens is 306 g/mol. The van der Waals surface area contributed by atoms with E-state index in [1.165, 1.54) is 22.2 Å². The number of hydrogen-bond acceptors (Lipinski definition) is 2. The third-order valence-electron chi connectivity index (χ3n) is 2.81. The minimum absolute atomic E-state index is 0.652. The maximum absolute atomic E-state index is 5.88. The van der Waals surface area contributed by atoms with Gasteiger partial charge in [-0.15, -0.1) is 22.9 Å². The molecule has 0 radical (unpaired) electrons. The van der Waals surface area contributed by atoms with Crippen molar-refractivity contribution in [2.45, 2.75) is 39.3 Å². The first-order valence-corrected chi connectivity index (χ1v) is 7.94. The summed E-state index contributed by atoms with van der Waals surface area (Å²) in [5.41, 5.74) is 0. The first-order chi connectivity index (χ1) is 7.71. The highest BCUT2D eigenvalue weighted by atomic mass is 79.9. The van der Waals surface area contributed by atoms with Gasteiger partial charge in [0.25, 0.3) is 0 Å². The molecule has 0 aromatic carbocycles. The zero-order valence-electron chi connectivity index (χ0n) is 9.88. The van der Waals surface area contributed by atoms with E-state index in [2.05, 4.69) is 46.1 Å². The summed E-state index contributed by atoms with van der Waals surface area (Å²) in [5.74, 6) is 0.711. The van der Waals surface area contributed by atoms with E-state index >= 15 is 0 Å². The largest absolute Gasteiger partial charge is 0.294 e. The molecule has 4 heteroatoms. The maximum Gasteiger partial charge on any atom is 0.0351 e. The average Bonchev–Trinajstić information content (AvgIpc) is 2.66. The zero-order chi connectivity index (χ0) is 12.0. The highest BCUT2D eigenvalue weighted by molar-refractivity contribution is 9.10. The fourth-order valence-electron chi connectivity index (χ4n) is 1.94. The Morgan fingerprint density at radius 2 is 2.12 bits per heavy atom. The van der Waals surface area contributed by atoms with Crippen LogP contribution in [-0.4, -0.2) is 23.4 Å². The van der Waals surface area contributed by atoms with Crippen LogP contribution in [0.3, 0.4) is 0 Å². The van der Waals surface area contributed by atoms with Gasteiger partial charge in [-0.25, -0.2) is 0 Å². The monoisotopic (exact) mass is 323 g/mol. The van der Waals surface area contributed by atoms with Crippen molar-refractivity contribution in [1.29, 1.82) is 0 Å². The molecule has 0 saturated carbocycles. The molecule has 0 aliphatic carbocycles. The summed E-state index contributed by atoms with van der Waals surface area (Å²) in [4.78, 5) is 3.90. The number of rotatable bonds is 7. The number of hydrogen-bond donors (Lipinski definition) is 0. The van der Waals surface area contributed by atoms with Crippen molar-refractivity contribution >= 4 is 38.9 Å². The molecule has 0 atom stereocenters. The van der Waals surface area contributed by atoms with Crippen LogP contribution in [-0.2, 0) is 6.54 Å². The van der Waals surface area contributed by atoms with Gasteiger partial charge in [-0.3, -0.25) is 4.90 Å². The van der Waals surface area contributed by atoms with Crippen molar-refractivity contribution in [1.82, 2.24) is 4.90 Å². The fraction of sp³-hybridized carbons (Fsp3) is 0.667. The molecule has 0 bridgehead atoms. The average molecular weight is 325 g/mol. The van der Waals surface area contributed by atoms with Crippen LogP contribution in [0.15, 0.2) is 15.9 Å². The molecule has 1 aromatic rings. The van der Waals surface area contributed by atoms with Gasteiger partial charge in [-0.2, -0.15) is 0 Å². The quantitative estimate of drug-likeness (QED) is 0.655. The molecule has 1 aromatic heterocycles. The summed E-state index contributed by atoms with van der Waals surface area (Å²) < 4.78 is 1.18. The molecule has 0 fully saturated rings. The van der Waals surface area contributed by atoms with Gasteiger partial charge in [0.1, 0.15) is 0 Å². The number of nitrogens with zero attached hydrogens (tertiary/aromatic N) is 1. The SMILES string of the molecule is CCC(CC)N(CCCl)Cc1cc(Br)cs1. The number of thiophene rings is 1. The predicted molar refractivity (Wildman–Crippen MR) is 77.5 cm³/mol. The van der Waals surface area contributed by atoms with E-state index in [9.17, 15) is 0 Å². The molecule has 0 aliphatic rings. The van der Waals surface area contributed by atoms with Crippen LogP contribution < -0.4 is 0 Å². The lowest BCUT2D eigenvalue weighted by Crippen LogP contribution is -2.35. The van der Waals surface area contributed by atoms with Crippen LogP contribution in [0, 0.1) is 0 Å². The lowest BCUT2D eigenvalue weighted by atomic mass is 10.1. The summed E-state index contributed by atoms with van der Waals surface area (Å²) in [7, 11) is 0. The molecule has 0 spiro atoms. The van der Waals surface area contributed by atoms with E-state index < -0.39 is 0 Å². The fourth-order valence-corrected chi connectivity index (χ4v) is 3.63. The normalized spacial score (nSPS) is 11.6. The van der Waals surface area contributed by atoms with Gasteiger partial charge in [-0.05, 0) is 34.8 Å². The molecule has 1 heterocycles. The summed E-state index contributed by atoms with van der Waals surface area (Å²) in [6, 6.07) is 2.86. The second-order valence-electron chi connectivity index (χ2n) is 3.86. The maximum atomic E-state index is 5.88. The molecular formula is C12H19BrClNS. The minimum Gasteiger partial charge on any atom is -0.294 e. The number of alkyl halides is 1. The van der Waals surface area contributed by atoms with Crippen LogP contribution >= 0.6 is 38.9 Å². The van der Waals surface area contributed by atoms with Gasteiger partial charge >= 0.3 is 0 Å². The van der Waals surface area contributed by atoms with Crippen LogP contribution in [0.1, 0.15) is 31.6 Å². The molecule has 0 N–H and O–H groups in total. The van der Waals surface area contributed by atoms with Crippen molar-refractivity contribution in [2.24, 2.45) is 0 Å².